The van der Waals surface area contributed by atoms with E-state index in [0.29, 0.717) is 25.3 Å². The summed E-state index contributed by atoms with van der Waals surface area (Å²) in [6, 6.07) is 9.47. The van der Waals surface area contributed by atoms with Crippen molar-refractivity contribution in [1.29, 1.82) is 0 Å². The Hall–Kier alpha value is -2.14. The molecular formula is C13H12ClN3O2. The van der Waals surface area contributed by atoms with Gasteiger partial charge in [-0.1, -0.05) is 29.8 Å². The summed E-state index contributed by atoms with van der Waals surface area (Å²) >= 11 is 5.78. The summed E-state index contributed by atoms with van der Waals surface area (Å²) in [5, 5.41) is 3.12. The van der Waals surface area contributed by atoms with E-state index < -0.39 is 0 Å². The largest absolute Gasteiger partial charge is 0.492 e. The van der Waals surface area contributed by atoms with Crippen molar-refractivity contribution >= 4 is 23.7 Å². The zero-order chi connectivity index (χ0) is 13.5. The van der Waals surface area contributed by atoms with Gasteiger partial charge in [-0.25, -0.2) is 9.97 Å². The predicted molar refractivity (Wildman–Crippen MR) is 72.9 cm³/mol. The second-order valence-corrected chi connectivity index (χ2v) is 3.99. The van der Waals surface area contributed by atoms with Crippen molar-refractivity contribution in [1.82, 2.24) is 9.97 Å². The van der Waals surface area contributed by atoms with E-state index in [2.05, 4.69) is 15.3 Å². The van der Waals surface area contributed by atoms with Gasteiger partial charge in [-0.05, 0) is 12.1 Å². The lowest BCUT2D eigenvalue weighted by molar-refractivity contribution is 0.112. The lowest BCUT2D eigenvalue weighted by atomic mass is 10.3. The van der Waals surface area contributed by atoms with Crippen LogP contribution in [0.4, 0.5) is 5.82 Å². The summed E-state index contributed by atoms with van der Waals surface area (Å²) in [4.78, 5) is 18.6. The molecule has 0 spiro atoms. The first-order valence-corrected chi connectivity index (χ1v) is 6.06. The molecule has 0 saturated carbocycles. The number of ether oxygens (including phenoxy) is 1. The van der Waals surface area contributed by atoms with Gasteiger partial charge in [0, 0.05) is 0 Å². The number of nitrogens with zero attached hydrogens (tertiary/aromatic N) is 2. The van der Waals surface area contributed by atoms with Crippen LogP contribution >= 0.6 is 11.6 Å². The number of para-hydroxylation sites is 1. The van der Waals surface area contributed by atoms with E-state index in [1.807, 2.05) is 30.3 Å². The normalized spacial score (nSPS) is 9.95. The number of benzene rings is 1. The number of hydrogen-bond donors (Lipinski definition) is 1. The number of hydrogen-bond acceptors (Lipinski definition) is 5. The monoisotopic (exact) mass is 277 g/mol. The average Bonchev–Trinajstić information content (AvgIpc) is 2.45. The molecule has 0 saturated heterocycles. The third kappa shape index (κ3) is 3.66. The number of nitrogens with one attached hydrogen (secondary N) is 1. The Balaban J connectivity index is 1.86. The highest BCUT2D eigenvalue weighted by Gasteiger charge is 2.07. The number of rotatable bonds is 6. The molecule has 1 aromatic heterocycles. The SMILES string of the molecule is O=Cc1c(Cl)ncnc1NCCOc1ccccc1. The van der Waals surface area contributed by atoms with E-state index in [1.165, 1.54) is 6.33 Å². The molecule has 6 heteroatoms. The summed E-state index contributed by atoms with van der Waals surface area (Å²) in [6.07, 6.45) is 1.93. The highest BCUT2D eigenvalue weighted by molar-refractivity contribution is 6.32. The lowest BCUT2D eigenvalue weighted by Gasteiger charge is -2.09. The summed E-state index contributed by atoms with van der Waals surface area (Å²) < 4.78 is 5.50. The van der Waals surface area contributed by atoms with Crippen LogP contribution in [0, 0.1) is 0 Å². The number of aldehydes is 1. The van der Waals surface area contributed by atoms with Crippen LogP contribution in [0.2, 0.25) is 5.15 Å². The molecule has 0 aliphatic heterocycles. The van der Waals surface area contributed by atoms with Crippen molar-refractivity contribution in [3.63, 3.8) is 0 Å². The summed E-state index contributed by atoms with van der Waals surface area (Å²) in [5.74, 6) is 1.20. The molecule has 0 amide bonds. The Kier molecular flexibility index (Phi) is 4.69. The van der Waals surface area contributed by atoms with Gasteiger partial charge < -0.3 is 10.1 Å². The predicted octanol–water partition coefficient (Wildman–Crippen LogP) is 2.43. The third-order valence-electron chi connectivity index (χ3n) is 2.36. The maximum atomic E-state index is 10.9. The van der Waals surface area contributed by atoms with Crippen LogP contribution in [0.15, 0.2) is 36.7 Å². The van der Waals surface area contributed by atoms with Gasteiger partial charge in [0.1, 0.15) is 29.7 Å². The Morgan fingerprint density at radius 3 is 2.79 bits per heavy atom. The van der Waals surface area contributed by atoms with Gasteiger partial charge >= 0.3 is 0 Å². The van der Waals surface area contributed by atoms with E-state index >= 15 is 0 Å². The zero-order valence-electron chi connectivity index (χ0n) is 10.0. The van der Waals surface area contributed by atoms with Gasteiger partial charge in [0.15, 0.2) is 6.29 Å². The van der Waals surface area contributed by atoms with E-state index in [9.17, 15) is 4.79 Å². The number of aromatic nitrogens is 2. The van der Waals surface area contributed by atoms with Gasteiger partial charge in [-0.3, -0.25) is 4.79 Å². The number of carbonyl (C=O) groups excluding carboxylic acids is 1. The van der Waals surface area contributed by atoms with Crippen LogP contribution in [0.1, 0.15) is 10.4 Å². The van der Waals surface area contributed by atoms with Crippen molar-refractivity contribution in [2.24, 2.45) is 0 Å². The maximum Gasteiger partial charge on any atom is 0.156 e. The Labute approximate surface area is 115 Å². The highest BCUT2D eigenvalue weighted by atomic mass is 35.5. The van der Waals surface area contributed by atoms with Crippen molar-refractivity contribution < 1.29 is 9.53 Å². The molecule has 1 heterocycles. The molecule has 5 nitrogen and oxygen atoms in total. The Morgan fingerprint density at radius 1 is 1.26 bits per heavy atom. The topological polar surface area (TPSA) is 64.1 Å². The van der Waals surface area contributed by atoms with E-state index in [-0.39, 0.29) is 10.7 Å². The fourth-order valence-electron chi connectivity index (χ4n) is 1.47. The van der Waals surface area contributed by atoms with Crippen molar-refractivity contribution in [2.45, 2.75) is 0 Å². The molecule has 98 valence electrons. The fraction of sp³-hybridized carbons (Fsp3) is 0.154. The summed E-state index contributed by atoms with van der Waals surface area (Å²) in [6.45, 7) is 0.951. The van der Waals surface area contributed by atoms with Crippen molar-refractivity contribution in [3.8, 4) is 5.75 Å². The van der Waals surface area contributed by atoms with E-state index in [1.54, 1.807) is 0 Å². The minimum absolute atomic E-state index is 0.136. The average molecular weight is 278 g/mol. The molecule has 0 atom stereocenters. The standard InChI is InChI=1S/C13H12ClN3O2/c14-12-11(8-18)13(17-9-16-12)15-6-7-19-10-4-2-1-3-5-10/h1-5,8-9H,6-7H2,(H,15,16,17). The Morgan fingerprint density at radius 2 is 2.05 bits per heavy atom. The quantitative estimate of drug-likeness (QED) is 0.499. The van der Waals surface area contributed by atoms with Crippen molar-refractivity contribution in [3.05, 3.63) is 47.4 Å². The maximum absolute atomic E-state index is 10.9. The van der Waals surface area contributed by atoms with Gasteiger partial charge in [0.2, 0.25) is 0 Å². The molecule has 2 rings (SSSR count). The molecule has 0 aliphatic rings. The van der Waals surface area contributed by atoms with Crippen LogP contribution < -0.4 is 10.1 Å². The molecule has 1 N–H and O–H groups in total. The van der Waals surface area contributed by atoms with Crippen LogP contribution in [0.3, 0.4) is 0 Å². The summed E-state index contributed by atoms with van der Waals surface area (Å²) in [7, 11) is 0. The molecule has 0 unspecified atom stereocenters. The third-order valence-corrected chi connectivity index (χ3v) is 2.66. The molecule has 0 fully saturated rings. The zero-order valence-corrected chi connectivity index (χ0v) is 10.8. The number of anilines is 1. The molecular weight excluding hydrogens is 266 g/mol. The molecule has 19 heavy (non-hydrogen) atoms. The smallest absolute Gasteiger partial charge is 0.156 e. The fourth-order valence-corrected chi connectivity index (χ4v) is 1.65. The van der Waals surface area contributed by atoms with Crippen LogP contribution in [0.25, 0.3) is 0 Å². The lowest BCUT2D eigenvalue weighted by Crippen LogP contribution is -2.14. The molecule has 0 bridgehead atoms. The summed E-state index contributed by atoms with van der Waals surface area (Å²) in [5.41, 5.74) is 0.254. The first kappa shape index (κ1) is 13.3. The molecule has 0 aliphatic carbocycles. The van der Waals surface area contributed by atoms with Crippen LogP contribution in [0.5, 0.6) is 5.75 Å². The second-order valence-electron chi connectivity index (χ2n) is 3.63. The second kappa shape index (κ2) is 6.70. The minimum atomic E-state index is 0.136. The van der Waals surface area contributed by atoms with Crippen molar-refractivity contribution in [2.75, 3.05) is 18.5 Å². The molecule has 1 aromatic carbocycles. The molecule has 2 aromatic rings. The molecule has 0 radical (unpaired) electrons. The first-order chi connectivity index (χ1) is 9.31. The van der Waals surface area contributed by atoms with Gasteiger partial charge in [-0.2, -0.15) is 0 Å². The van der Waals surface area contributed by atoms with Crippen LogP contribution in [-0.2, 0) is 0 Å². The number of halogens is 1. The van der Waals surface area contributed by atoms with E-state index in [0.717, 1.165) is 5.75 Å². The van der Waals surface area contributed by atoms with Crippen LogP contribution in [-0.4, -0.2) is 29.4 Å². The minimum Gasteiger partial charge on any atom is -0.492 e. The van der Waals surface area contributed by atoms with Gasteiger partial charge in [0.05, 0.1) is 12.1 Å². The number of carbonyl (C=O) groups is 1. The van der Waals surface area contributed by atoms with Gasteiger partial charge in [0.25, 0.3) is 0 Å². The Bertz CT molecular complexity index is 549. The van der Waals surface area contributed by atoms with E-state index in [4.69, 9.17) is 16.3 Å². The van der Waals surface area contributed by atoms with Gasteiger partial charge in [-0.15, -0.1) is 0 Å². The first-order valence-electron chi connectivity index (χ1n) is 5.68. The highest BCUT2D eigenvalue weighted by Crippen LogP contribution is 2.16.